The number of benzene rings is 3. The molecule has 5 nitrogen and oxygen atoms in total. The average molecular weight is 422 g/mol. The zero-order valence-corrected chi connectivity index (χ0v) is 15.9. The Bertz CT molecular complexity index is 1150. The van der Waals surface area contributed by atoms with Crippen molar-refractivity contribution < 1.29 is 9.53 Å². The van der Waals surface area contributed by atoms with Gasteiger partial charge in [0.25, 0.3) is 5.91 Å². The van der Waals surface area contributed by atoms with Crippen LogP contribution in [0.2, 0.25) is 0 Å². The van der Waals surface area contributed by atoms with Crippen LogP contribution in [0, 0.1) is 0 Å². The minimum Gasteiger partial charge on any atom is -0.483 e. The molecule has 0 bridgehead atoms. The Hall–Kier alpha value is -3.12. The Morgan fingerprint density at radius 2 is 1.85 bits per heavy atom. The van der Waals surface area contributed by atoms with Crippen LogP contribution in [0.4, 0.5) is 0 Å². The normalized spacial score (nSPS) is 11.3. The summed E-state index contributed by atoms with van der Waals surface area (Å²) in [6, 6.07) is 19.7. The second-order valence-corrected chi connectivity index (χ2v) is 6.76. The van der Waals surface area contributed by atoms with Crippen LogP contribution in [0.5, 0.6) is 5.75 Å². The number of halogens is 1. The molecule has 0 aliphatic rings. The van der Waals surface area contributed by atoms with E-state index in [-0.39, 0.29) is 12.5 Å². The number of rotatable bonds is 5. The van der Waals surface area contributed by atoms with Gasteiger partial charge < -0.3 is 9.72 Å². The average Bonchev–Trinajstić information content (AvgIpc) is 3.11. The van der Waals surface area contributed by atoms with Crippen molar-refractivity contribution in [2.24, 2.45) is 5.10 Å². The van der Waals surface area contributed by atoms with E-state index in [0.717, 1.165) is 31.7 Å². The van der Waals surface area contributed by atoms with E-state index in [4.69, 9.17) is 4.74 Å². The Kier molecular flexibility index (Phi) is 4.89. The van der Waals surface area contributed by atoms with E-state index in [1.165, 1.54) is 0 Å². The smallest absolute Gasteiger partial charge is 0.277 e. The first-order chi connectivity index (χ1) is 13.2. The summed E-state index contributed by atoms with van der Waals surface area (Å²) in [5.41, 5.74) is 4.42. The molecule has 2 N–H and O–H groups in total. The summed E-state index contributed by atoms with van der Waals surface area (Å²) in [4.78, 5) is 15.2. The Morgan fingerprint density at radius 3 is 2.74 bits per heavy atom. The predicted octanol–water partition coefficient (Wildman–Crippen LogP) is 4.61. The summed E-state index contributed by atoms with van der Waals surface area (Å²) in [7, 11) is 0. The molecule has 0 radical (unpaired) electrons. The van der Waals surface area contributed by atoms with Crippen molar-refractivity contribution in [2.45, 2.75) is 0 Å². The van der Waals surface area contributed by atoms with Crippen molar-refractivity contribution in [2.75, 3.05) is 6.61 Å². The number of aromatic nitrogens is 1. The van der Waals surface area contributed by atoms with E-state index < -0.39 is 0 Å². The number of hydrogen-bond acceptors (Lipinski definition) is 3. The molecule has 1 amide bonds. The first kappa shape index (κ1) is 17.3. The molecular formula is C21H16BrN3O2. The van der Waals surface area contributed by atoms with Gasteiger partial charge in [0.05, 0.1) is 10.7 Å². The number of hydrazone groups is 1. The fraction of sp³-hybridized carbons (Fsp3) is 0.0476. The number of para-hydroxylation sites is 1. The summed E-state index contributed by atoms with van der Waals surface area (Å²) in [5, 5.41) is 7.20. The predicted molar refractivity (Wildman–Crippen MR) is 111 cm³/mol. The van der Waals surface area contributed by atoms with Gasteiger partial charge in [-0.3, -0.25) is 4.79 Å². The minimum atomic E-state index is -0.328. The highest BCUT2D eigenvalue weighted by Gasteiger charge is 2.08. The molecule has 4 rings (SSSR count). The Balaban J connectivity index is 1.38. The van der Waals surface area contributed by atoms with Crippen LogP contribution < -0.4 is 10.2 Å². The van der Waals surface area contributed by atoms with Gasteiger partial charge in [-0.05, 0) is 38.8 Å². The lowest BCUT2D eigenvalue weighted by Gasteiger charge is -2.09. The van der Waals surface area contributed by atoms with Gasteiger partial charge in [-0.15, -0.1) is 0 Å². The first-order valence-electron chi connectivity index (χ1n) is 8.40. The molecule has 27 heavy (non-hydrogen) atoms. The van der Waals surface area contributed by atoms with E-state index in [1.54, 1.807) is 6.21 Å². The maximum absolute atomic E-state index is 12.0. The zero-order chi connectivity index (χ0) is 18.6. The second-order valence-electron chi connectivity index (χ2n) is 5.97. The van der Waals surface area contributed by atoms with E-state index in [0.29, 0.717) is 5.75 Å². The molecule has 3 aromatic carbocycles. The number of H-pyrrole nitrogens is 1. The number of ether oxygens (including phenoxy) is 1. The molecular weight excluding hydrogens is 406 g/mol. The van der Waals surface area contributed by atoms with E-state index in [1.807, 2.05) is 66.9 Å². The van der Waals surface area contributed by atoms with Crippen LogP contribution in [0.1, 0.15) is 5.56 Å². The van der Waals surface area contributed by atoms with Gasteiger partial charge in [-0.25, -0.2) is 5.43 Å². The van der Waals surface area contributed by atoms with Gasteiger partial charge in [0, 0.05) is 22.7 Å². The van der Waals surface area contributed by atoms with Crippen molar-refractivity contribution in [1.82, 2.24) is 10.4 Å². The molecule has 1 heterocycles. The number of nitrogens with one attached hydrogen (secondary N) is 2. The topological polar surface area (TPSA) is 66.5 Å². The SMILES string of the molecule is O=C(COc1ccc2ccccc2c1Br)NN=Cc1c[nH]c2ccccc12. The molecule has 6 heteroatoms. The number of nitrogens with zero attached hydrogens (tertiary/aromatic N) is 1. The molecule has 4 aromatic rings. The van der Waals surface area contributed by atoms with E-state index >= 15 is 0 Å². The number of carbonyl (C=O) groups is 1. The molecule has 0 atom stereocenters. The molecule has 0 saturated heterocycles. The lowest BCUT2D eigenvalue weighted by Crippen LogP contribution is -2.24. The summed E-state index contributed by atoms with van der Waals surface area (Å²) >= 11 is 3.54. The van der Waals surface area contributed by atoms with E-state index in [2.05, 4.69) is 31.4 Å². The third-order valence-electron chi connectivity index (χ3n) is 4.20. The van der Waals surface area contributed by atoms with Gasteiger partial charge in [-0.1, -0.05) is 48.5 Å². The standard InChI is InChI=1S/C21H16BrN3O2/c22-21-17-7-2-1-5-14(17)9-10-19(21)27-13-20(26)25-24-12-15-11-23-18-8-4-3-6-16(15)18/h1-12,23H,13H2,(H,25,26). The van der Waals surface area contributed by atoms with Crippen molar-refractivity contribution in [3.63, 3.8) is 0 Å². The third-order valence-corrected chi connectivity index (χ3v) is 5.02. The number of fused-ring (bicyclic) bond motifs is 2. The van der Waals surface area contributed by atoms with Crippen LogP contribution in [0.3, 0.4) is 0 Å². The third kappa shape index (κ3) is 3.71. The van der Waals surface area contributed by atoms with Gasteiger partial charge in [0.1, 0.15) is 5.75 Å². The van der Waals surface area contributed by atoms with Crippen molar-refractivity contribution in [3.8, 4) is 5.75 Å². The number of hydrogen-bond donors (Lipinski definition) is 2. The minimum absolute atomic E-state index is 0.123. The summed E-state index contributed by atoms with van der Waals surface area (Å²) in [5.74, 6) is 0.288. The zero-order valence-electron chi connectivity index (χ0n) is 14.3. The summed E-state index contributed by atoms with van der Waals surface area (Å²) in [6.45, 7) is -0.123. The van der Waals surface area contributed by atoms with Crippen molar-refractivity contribution in [3.05, 3.63) is 76.9 Å². The molecule has 0 saturated carbocycles. The number of aromatic amines is 1. The van der Waals surface area contributed by atoms with E-state index in [9.17, 15) is 4.79 Å². The summed E-state index contributed by atoms with van der Waals surface area (Å²) < 4.78 is 6.46. The lowest BCUT2D eigenvalue weighted by atomic mass is 10.1. The molecule has 134 valence electrons. The largest absolute Gasteiger partial charge is 0.483 e. The van der Waals surface area contributed by atoms with Crippen LogP contribution >= 0.6 is 15.9 Å². The maximum Gasteiger partial charge on any atom is 0.277 e. The van der Waals surface area contributed by atoms with Crippen LogP contribution in [0.25, 0.3) is 21.7 Å². The van der Waals surface area contributed by atoms with Crippen LogP contribution in [0.15, 0.2) is 76.4 Å². The van der Waals surface area contributed by atoms with Crippen molar-refractivity contribution in [1.29, 1.82) is 0 Å². The monoisotopic (exact) mass is 421 g/mol. The highest BCUT2D eigenvalue weighted by Crippen LogP contribution is 2.32. The highest BCUT2D eigenvalue weighted by molar-refractivity contribution is 9.10. The van der Waals surface area contributed by atoms with Gasteiger partial charge >= 0.3 is 0 Å². The number of carbonyl (C=O) groups excluding carboxylic acids is 1. The first-order valence-corrected chi connectivity index (χ1v) is 9.20. The lowest BCUT2D eigenvalue weighted by molar-refractivity contribution is -0.123. The van der Waals surface area contributed by atoms with Crippen LogP contribution in [-0.2, 0) is 4.79 Å². The maximum atomic E-state index is 12.0. The fourth-order valence-electron chi connectivity index (χ4n) is 2.88. The quantitative estimate of drug-likeness (QED) is 0.364. The molecule has 1 aromatic heterocycles. The Morgan fingerprint density at radius 1 is 1.07 bits per heavy atom. The van der Waals surface area contributed by atoms with Gasteiger partial charge in [0.15, 0.2) is 6.61 Å². The molecule has 0 aliphatic carbocycles. The van der Waals surface area contributed by atoms with Gasteiger partial charge in [-0.2, -0.15) is 5.10 Å². The number of amides is 1. The van der Waals surface area contributed by atoms with Gasteiger partial charge in [0.2, 0.25) is 0 Å². The second kappa shape index (κ2) is 7.63. The highest BCUT2D eigenvalue weighted by atomic mass is 79.9. The molecule has 0 fully saturated rings. The molecule has 0 aliphatic heterocycles. The van der Waals surface area contributed by atoms with Crippen molar-refractivity contribution >= 4 is 49.7 Å². The molecule has 0 unspecified atom stereocenters. The molecule has 0 spiro atoms. The van der Waals surface area contributed by atoms with Crippen LogP contribution in [-0.4, -0.2) is 23.7 Å². The summed E-state index contributed by atoms with van der Waals surface area (Å²) in [6.07, 6.45) is 3.46. The Labute approximate surface area is 164 Å². The fourth-order valence-corrected chi connectivity index (χ4v) is 3.48.